The molecule has 0 aromatic heterocycles. The Balaban J connectivity index is 2.66. The minimum atomic E-state index is -0.638. The fourth-order valence-corrected chi connectivity index (χ4v) is 2.44. The van der Waals surface area contributed by atoms with Gasteiger partial charge in [-0.05, 0) is 5.56 Å². The lowest BCUT2D eigenvalue weighted by molar-refractivity contribution is 1.38. The molecule has 0 heterocycles. The van der Waals surface area contributed by atoms with Crippen molar-refractivity contribution in [2.45, 2.75) is 6.16 Å². The van der Waals surface area contributed by atoms with Gasteiger partial charge in [-0.1, -0.05) is 30.3 Å². The molecule has 1 aromatic rings. The maximum Gasteiger partial charge on any atom is 0.0834 e. The number of rotatable bonds is 2. The van der Waals surface area contributed by atoms with Crippen molar-refractivity contribution in [2.75, 3.05) is 20.0 Å². The van der Waals surface area contributed by atoms with Crippen LogP contribution in [0.25, 0.3) is 0 Å². The summed E-state index contributed by atoms with van der Waals surface area (Å²) in [4.78, 5) is 0. The fraction of sp³-hybridized carbons (Fsp3) is 0.400. The highest BCUT2D eigenvalue weighted by molar-refractivity contribution is 7.72. The normalized spacial score (nSPS) is 11.5. The molecule has 0 bridgehead atoms. The van der Waals surface area contributed by atoms with E-state index in [0.29, 0.717) is 0 Å². The topological polar surface area (TPSA) is 0 Å². The molecule has 0 saturated heterocycles. The molecule has 0 N–H and O–H groups in total. The van der Waals surface area contributed by atoms with Gasteiger partial charge in [0.1, 0.15) is 0 Å². The predicted molar refractivity (Wildman–Crippen MR) is 54.8 cm³/mol. The van der Waals surface area contributed by atoms with Crippen molar-refractivity contribution in [3.05, 3.63) is 35.9 Å². The minimum Gasteiger partial charge on any atom is -0.0622 e. The third-order valence-electron chi connectivity index (χ3n) is 1.50. The molecular formula is C10H16P+. The quantitative estimate of drug-likeness (QED) is 0.594. The first-order chi connectivity index (χ1) is 5.08. The van der Waals surface area contributed by atoms with Gasteiger partial charge in [0.25, 0.3) is 0 Å². The van der Waals surface area contributed by atoms with Crippen LogP contribution < -0.4 is 0 Å². The van der Waals surface area contributed by atoms with Crippen molar-refractivity contribution in [3.63, 3.8) is 0 Å². The summed E-state index contributed by atoms with van der Waals surface area (Å²) in [7, 11) is -0.638. The summed E-state index contributed by atoms with van der Waals surface area (Å²) in [5.41, 5.74) is 1.48. The smallest absolute Gasteiger partial charge is 0.0622 e. The van der Waals surface area contributed by atoms with E-state index in [1.54, 1.807) is 0 Å². The Morgan fingerprint density at radius 1 is 1.00 bits per heavy atom. The van der Waals surface area contributed by atoms with Gasteiger partial charge >= 0.3 is 0 Å². The van der Waals surface area contributed by atoms with Crippen LogP contribution in [0, 0.1) is 0 Å². The molecule has 0 spiro atoms. The van der Waals surface area contributed by atoms with Crippen molar-refractivity contribution in [1.82, 2.24) is 0 Å². The zero-order valence-electron chi connectivity index (χ0n) is 7.54. The van der Waals surface area contributed by atoms with Crippen LogP contribution in [-0.2, 0) is 6.16 Å². The van der Waals surface area contributed by atoms with Crippen LogP contribution in [0.15, 0.2) is 30.3 Å². The molecule has 1 aromatic carbocycles. The Bertz CT molecular complexity index is 208. The maximum absolute atomic E-state index is 2.38. The van der Waals surface area contributed by atoms with Gasteiger partial charge in [-0.25, -0.2) is 0 Å². The standard InChI is InChI=1S/C10H16P/c1-11(2,3)9-10-7-5-4-6-8-10/h4-8H,9H2,1-3H3/q+1. The first-order valence-corrected chi connectivity index (χ1v) is 7.24. The molecule has 1 heteroatoms. The van der Waals surface area contributed by atoms with Crippen LogP contribution in [0.1, 0.15) is 5.56 Å². The summed E-state index contributed by atoms with van der Waals surface area (Å²) in [6.45, 7) is 7.12. The zero-order chi connectivity index (χ0) is 8.32. The lowest BCUT2D eigenvalue weighted by Gasteiger charge is -2.10. The summed E-state index contributed by atoms with van der Waals surface area (Å²) in [5.74, 6) is 0. The van der Waals surface area contributed by atoms with Gasteiger partial charge in [0.05, 0.1) is 6.16 Å². The molecule has 0 atom stereocenters. The van der Waals surface area contributed by atoms with Gasteiger partial charge in [0.2, 0.25) is 0 Å². The van der Waals surface area contributed by atoms with Crippen molar-refractivity contribution in [1.29, 1.82) is 0 Å². The summed E-state index contributed by atoms with van der Waals surface area (Å²) < 4.78 is 0. The molecule has 0 unspecified atom stereocenters. The second-order valence-electron chi connectivity index (χ2n) is 3.93. The second-order valence-corrected chi connectivity index (χ2v) is 8.83. The van der Waals surface area contributed by atoms with E-state index in [9.17, 15) is 0 Å². The van der Waals surface area contributed by atoms with Gasteiger partial charge in [0, 0.05) is 27.3 Å². The Morgan fingerprint density at radius 2 is 1.55 bits per heavy atom. The van der Waals surface area contributed by atoms with Crippen molar-refractivity contribution < 1.29 is 0 Å². The van der Waals surface area contributed by atoms with E-state index >= 15 is 0 Å². The van der Waals surface area contributed by atoms with E-state index in [4.69, 9.17) is 0 Å². The average molecular weight is 167 g/mol. The summed E-state index contributed by atoms with van der Waals surface area (Å²) in [6, 6.07) is 10.7. The number of hydrogen-bond acceptors (Lipinski definition) is 0. The minimum absolute atomic E-state index is 0.638. The highest BCUT2D eigenvalue weighted by Crippen LogP contribution is 2.49. The molecule has 60 valence electrons. The van der Waals surface area contributed by atoms with E-state index < -0.39 is 7.26 Å². The molecule has 0 radical (unpaired) electrons. The van der Waals surface area contributed by atoms with E-state index in [2.05, 4.69) is 50.3 Å². The van der Waals surface area contributed by atoms with Crippen LogP contribution in [0.3, 0.4) is 0 Å². The lowest BCUT2D eigenvalue weighted by atomic mass is 10.2. The first kappa shape index (κ1) is 8.74. The van der Waals surface area contributed by atoms with Crippen molar-refractivity contribution in [2.24, 2.45) is 0 Å². The van der Waals surface area contributed by atoms with E-state index in [-0.39, 0.29) is 0 Å². The largest absolute Gasteiger partial charge is 0.0834 e. The van der Waals surface area contributed by atoms with Crippen molar-refractivity contribution >= 4 is 7.26 Å². The SMILES string of the molecule is C[P+](C)(C)Cc1ccccc1. The average Bonchev–Trinajstić information content (AvgIpc) is 1.85. The molecule has 0 aliphatic carbocycles. The summed E-state index contributed by atoms with van der Waals surface area (Å²) in [6.07, 6.45) is 1.27. The summed E-state index contributed by atoms with van der Waals surface area (Å²) in [5, 5.41) is 0. The molecule has 0 aliphatic rings. The second kappa shape index (κ2) is 3.36. The number of hydrogen-bond donors (Lipinski definition) is 0. The van der Waals surface area contributed by atoms with Gasteiger partial charge in [-0.2, -0.15) is 0 Å². The highest BCUT2D eigenvalue weighted by atomic mass is 31.2. The molecule has 0 aliphatic heterocycles. The van der Waals surface area contributed by atoms with Crippen LogP contribution in [0.2, 0.25) is 0 Å². The van der Waals surface area contributed by atoms with Crippen LogP contribution in [0.5, 0.6) is 0 Å². The first-order valence-electron chi connectivity index (χ1n) is 3.92. The molecule has 11 heavy (non-hydrogen) atoms. The molecule has 1 rings (SSSR count). The maximum atomic E-state index is 2.38. The molecule has 0 saturated carbocycles. The molecule has 0 amide bonds. The highest BCUT2D eigenvalue weighted by Gasteiger charge is 2.16. The Labute approximate surface area is 70.0 Å². The van der Waals surface area contributed by atoms with Gasteiger partial charge in [-0.3, -0.25) is 0 Å². The Hall–Kier alpha value is -0.350. The van der Waals surface area contributed by atoms with Gasteiger partial charge < -0.3 is 0 Å². The molecule has 0 fully saturated rings. The Morgan fingerprint density at radius 3 is 2.00 bits per heavy atom. The van der Waals surface area contributed by atoms with Gasteiger partial charge in [0.15, 0.2) is 0 Å². The third kappa shape index (κ3) is 3.53. The fourth-order valence-electron chi connectivity index (χ4n) is 1.13. The van der Waals surface area contributed by atoms with E-state index in [1.165, 1.54) is 11.7 Å². The zero-order valence-corrected chi connectivity index (χ0v) is 8.44. The monoisotopic (exact) mass is 167 g/mol. The third-order valence-corrected chi connectivity index (χ3v) is 2.81. The molecular weight excluding hydrogens is 151 g/mol. The lowest BCUT2D eigenvalue weighted by Crippen LogP contribution is -1.90. The van der Waals surface area contributed by atoms with Crippen LogP contribution in [0.4, 0.5) is 0 Å². The Kier molecular flexibility index (Phi) is 2.67. The number of benzene rings is 1. The van der Waals surface area contributed by atoms with Crippen LogP contribution >= 0.6 is 7.26 Å². The van der Waals surface area contributed by atoms with Crippen molar-refractivity contribution in [3.8, 4) is 0 Å². The summed E-state index contributed by atoms with van der Waals surface area (Å²) >= 11 is 0. The van der Waals surface area contributed by atoms with Gasteiger partial charge in [-0.15, -0.1) is 0 Å². The van der Waals surface area contributed by atoms with E-state index in [1.807, 2.05) is 0 Å². The predicted octanol–water partition coefficient (Wildman–Crippen LogP) is 3.09. The van der Waals surface area contributed by atoms with E-state index in [0.717, 1.165) is 0 Å². The van der Waals surface area contributed by atoms with Crippen LogP contribution in [-0.4, -0.2) is 20.0 Å². The molecule has 0 nitrogen and oxygen atoms in total.